The summed E-state index contributed by atoms with van der Waals surface area (Å²) in [5.41, 5.74) is -8.20. The van der Waals surface area contributed by atoms with Gasteiger partial charge in [0, 0.05) is 25.1 Å². The molecule has 1 heterocycles. The smallest absolute Gasteiger partial charge is 0.416 e. The molecule has 15 heteroatoms. The third-order valence-corrected chi connectivity index (χ3v) is 5.79. The quantitative estimate of drug-likeness (QED) is 0.394. The molecule has 1 aliphatic heterocycles. The molecule has 6 nitrogen and oxygen atoms in total. The van der Waals surface area contributed by atoms with Crippen LogP contribution in [0.3, 0.4) is 0 Å². The van der Waals surface area contributed by atoms with Crippen molar-refractivity contribution in [2.75, 3.05) is 11.9 Å². The van der Waals surface area contributed by atoms with Crippen LogP contribution in [0, 0.1) is 0 Å². The van der Waals surface area contributed by atoms with Crippen LogP contribution >= 0.6 is 0 Å². The Kier molecular flexibility index (Phi) is 5.45. The second kappa shape index (κ2) is 10.5. The van der Waals surface area contributed by atoms with Crippen LogP contribution in [0.4, 0.5) is 54.8 Å². The minimum atomic E-state index is -5.42. The first kappa shape index (κ1) is 20.3. The van der Waals surface area contributed by atoms with Gasteiger partial charge in [0.15, 0.2) is 0 Å². The third kappa shape index (κ3) is 6.33. The maximum absolute atomic E-state index is 13.7. The van der Waals surface area contributed by atoms with Crippen LogP contribution in [0.5, 0.6) is 0 Å². The first-order valence-electron chi connectivity index (χ1n) is 14.4. The van der Waals surface area contributed by atoms with E-state index in [-0.39, 0.29) is 40.1 Å². The third-order valence-electron chi connectivity index (χ3n) is 5.79. The first-order chi connectivity index (χ1) is 20.9. The van der Waals surface area contributed by atoms with E-state index in [1.807, 2.05) is 0 Å². The lowest BCUT2D eigenvalue weighted by molar-refractivity contribution is -0.247. The van der Waals surface area contributed by atoms with Gasteiger partial charge in [0.05, 0.1) is 33.9 Å². The van der Waals surface area contributed by atoms with Crippen LogP contribution in [0.2, 0.25) is 0 Å². The van der Waals surface area contributed by atoms with Gasteiger partial charge in [-0.2, -0.15) is 39.5 Å². The van der Waals surface area contributed by atoms with Crippen molar-refractivity contribution in [3.05, 3.63) is 64.2 Å². The molecular formula is C24H20F9N2O4-. The van der Waals surface area contributed by atoms with Crippen molar-refractivity contribution < 1.29 is 69.9 Å². The fourth-order valence-electron chi connectivity index (χ4n) is 4.14. The number of alkyl halides is 9. The number of carbonyl (C=O) groups excluding carboxylic acids is 2. The van der Waals surface area contributed by atoms with Gasteiger partial charge in [-0.15, -0.1) is 0 Å². The van der Waals surface area contributed by atoms with Crippen LogP contribution in [-0.4, -0.2) is 30.2 Å². The molecule has 3 rings (SSSR count). The molecule has 0 spiro atoms. The number of hydrogen-bond acceptors (Lipinski definition) is 4. The Morgan fingerprint density at radius 3 is 2.08 bits per heavy atom. The van der Waals surface area contributed by atoms with Crippen LogP contribution in [0.15, 0.2) is 36.4 Å². The molecule has 0 radical (unpaired) electrons. The Morgan fingerprint density at radius 1 is 1.00 bits per heavy atom. The van der Waals surface area contributed by atoms with Gasteiger partial charge in [0.25, 0.3) is 0 Å². The van der Waals surface area contributed by atoms with Crippen LogP contribution < -0.4 is 10.0 Å². The number of nitrogens with zero attached hydrogens (tertiary/aromatic N) is 2. The maximum atomic E-state index is 13.7. The standard InChI is InChI=1S/C24H21F9N2O4/c1-3-16-10-19(17-9-13(22(25,26)27)4-5-18(17)35(16)20(36)37)34(21(38)39-2)11-12-6-14(23(28,29)30)8-15(7-12)24(31,32)33/h4-9,16,19H,3,10-11H2,1-2H3,(H,36,37)/p-1/i1D3,2D3,3D2. The Balaban J connectivity index is 2.40. The van der Waals surface area contributed by atoms with Crippen molar-refractivity contribution >= 4 is 17.9 Å². The lowest BCUT2D eigenvalue weighted by Crippen LogP contribution is -2.52. The number of anilines is 1. The van der Waals surface area contributed by atoms with E-state index in [1.54, 1.807) is 0 Å². The molecule has 2 aromatic carbocycles. The molecule has 2 aromatic rings. The van der Waals surface area contributed by atoms with E-state index in [4.69, 9.17) is 11.0 Å². The summed E-state index contributed by atoms with van der Waals surface area (Å²) in [6.45, 7) is -5.16. The zero-order valence-electron chi connectivity index (χ0n) is 27.0. The molecule has 1 aliphatic rings. The van der Waals surface area contributed by atoms with E-state index in [1.165, 1.54) is 0 Å². The highest BCUT2D eigenvalue weighted by molar-refractivity contribution is 5.88. The number of hydrogen-bond donors (Lipinski definition) is 0. The van der Waals surface area contributed by atoms with Crippen LogP contribution in [0.1, 0.15) is 64.5 Å². The van der Waals surface area contributed by atoms with Crippen molar-refractivity contribution in [3.8, 4) is 0 Å². The summed E-state index contributed by atoms with van der Waals surface area (Å²) in [5.74, 6) is 0. The molecule has 2 amide bonds. The zero-order chi connectivity index (χ0) is 36.3. The highest BCUT2D eigenvalue weighted by atomic mass is 19.4. The van der Waals surface area contributed by atoms with Crippen molar-refractivity contribution in [1.29, 1.82) is 0 Å². The Bertz CT molecular complexity index is 1490. The molecule has 0 fully saturated rings. The first-order valence-corrected chi connectivity index (χ1v) is 10.4. The van der Waals surface area contributed by atoms with Crippen LogP contribution in [-0.2, 0) is 29.8 Å². The molecule has 0 aromatic heterocycles. The van der Waals surface area contributed by atoms with E-state index >= 15 is 0 Å². The summed E-state index contributed by atoms with van der Waals surface area (Å²) >= 11 is 0. The van der Waals surface area contributed by atoms with Gasteiger partial charge >= 0.3 is 24.6 Å². The summed E-state index contributed by atoms with van der Waals surface area (Å²) in [6.07, 6.45) is -25.4. The van der Waals surface area contributed by atoms with E-state index in [0.29, 0.717) is 6.07 Å². The highest BCUT2D eigenvalue weighted by Crippen LogP contribution is 2.45. The average molecular weight is 579 g/mol. The second-order valence-electron chi connectivity index (χ2n) is 8.23. The number of carbonyl (C=O) groups is 2. The topological polar surface area (TPSA) is 72.9 Å². The van der Waals surface area contributed by atoms with Crippen molar-refractivity contribution in [3.63, 3.8) is 0 Å². The summed E-state index contributed by atoms with van der Waals surface area (Å²) in [5, 5.41) is 12.2. The lowest BCUT2D eigenvalue weighted by atomic mass is 9.87. The minimum absolute atomic E-state index is 0.0379. The van der Waals surface area contributed by atoms with Gasteiger partial charge in [-0.25, -0.2) is 4.79 Å². The van der Waals surface area contributed by atoms with E-state index < -0.39 is 110 Å². The number of fused-ring (bicyclic) bond motifs is 1. The zero-order valence-corrected chi connectivity index (χ0v) is 19.0. The molecule has 0 saturated heterocycles. The van der Waals surface area contributed by atoms with Gasteiger partial charge in [0.1, 0.15) is 6.09 Å². The summed E-state index contributed by atoms with van der Waals surface area (Å²) in [7, 11) is -3.67. The van der Waals surface area contributed by atoms with Crippen LogP contribution in [0.25, 0.3) is 0 Å². The Labute approximate surface area is 226 Å². The van der Waals surface area contributed by atoms with Crippen molar-refractivity contribution in [2.45, 2.75) is 56.8 Å². The number of benzene rings is 2. The summed E-state index contributed by atoms with van der Waals surface area (Å²) < 4.78 is 188. The van der Waals surface area contributed by atoms with E-state index in [9.17, 15) is 54.2 Å². The molecule has 0 aliphatic carbocycles. The molecule has 2 atom stereocenters. The lowest BCUT2D eigenvalue weighted by Gasteiger charge is -2.45. The van der Waals surface area contributed by atoms with Gasteiger partial charge in [-0.1, -0.05) is 6.85 Å². The molecule has 39 heavy (non-hydrogen) atoms. The predicted octanol–water partition coefficient (Wildman–Crippen LogP) is 6.38. The normalized spacial score (nSPS) is 22.0. The predicted molar refractivity (Wildman–Crippen MR) is 115 cm³/mol. The number of ether oxygens (including phenoxy) is 1. The SMILES string of the molecule is [2H]C([2H])([2H])OC(=O)N(Cc1cc(C(F)(F)F)cc(C(F)(F)F)c1)C1CC(C([2H])([2H])C([2H])([2H])[2H])N(C(=O)[O-])c2ccc(C(F)(F)F)cc21. The fraction of sp³-hybridized carbons (Fsp3) is 0.417. The summed E-state index contributed by atoms with van der Waals surface area (Å²) in [6, 6.07) is -3.87. The molecule has 0 N–H and O–H groups in total. The molecule has 214 valence electrons. The van der Waals surface area contributed by atoms with E-state index in [2.05, 4.69) is 4.74 Å². The summed E-state index contributed by atoms with van der Waals surface area (Å²) in [4.78, 5) is 25.4. The molecule has 0 bridgehead atoms. The Morgan fingerprint density at radius 2 is 1.59 bits per heavy atom. The number of rotatable bonds is 4. The number of methoxy groups -OCH3 is 1. The average Bonchev–Trinajstić information content (AvgIpc) is 2.87. The Hall–Kier alpha value is -3.65. The van der Waals surface area contributed by atoms with Crippen molar-refractivity contribution in [2.24, 2.45) is 0 Å². The van der Waals surface area contributed by atoms with Gasteiger partial charge < -0.3 is 19.5 Å². The number of carboxylic acid groups (broad SMARTS) is 1. The largest absolute Gasteiger partial charge is 0.530 e. The van der Waals surface area contributed by atoms with Gasteiger partial charge in [-0.3, -0.25) is 4.90 Å². The second-order valence-corrected chi connectivity index (χ2v) is 8.23. The molecular weight excluding hydrogens is 551 g/mol. The van der Waals surface area contributed by atoms with Crippen molar-refractivity contribution in [1.82, 2.24) is 4.90 Å². The van der Waals surface area contributed by atoms with Gasteiger partial charge in [-0.05, 0) is 60.3 Å². The fourth-order valence-corrected chi connectivity index (χ4v) is 4.14. The van der Waals surface area contributed by atoms with Gasteiger partial charge in [0.2, 0.25) is 0 Å². The van der Waals surface area contributed by atoms with E-state index in [0.717, 1.165) is 0 Å². The minimum Gasteiger partial charge on any atom is -0.530 e. The number of halogens is 9. The highest BCUT2D eigenvalue weighted by Gasteiger charge is 2.41. The molecule has 2 unspecified atom stereocenters. The number of amides is 2. The maximum Gasteiger partial charge on any atom is 0.416 e. The molecule has 0 saturated carbocycles. The monoisotopic (exact) mass is 579 g/mol.